The first kappa shape index (κ1) is 16.3. The molecule has 0 aromatic rings. The van der Waals surface area contributed by atoms with Gasteiger partial charge in [-0.1, -0.05) is 6.42 Å². The number of nitrogens with two attached hydrogens (primary N) is 1. The van der Waals surface area contributed by atoms with Crippen molar-refractivity contribution in [3.8, 4) is 0 Å². The molecule has 1 fully saturated rings. The topological polar surface area (TPSA) is 113 Å². The van der Waals surface area contributed by atoms with Crippen LogP contribution in [0.15, 0.2) is 0 Å². The van der Waals surface area contributed by atoms with Gasteiger partial charge < -0.3 is 21.1 Å². The van der Waals surface area contributed by atoms with Crippen LogP contribution in [0.2, 0.25) is 0 Å². The minimum Gasteiger partial charge on any atom is -0.481 e. The molecule has 3 amide bonds. The Morgan fingerprint density at radius 2 is 2.00 bits per heavy atom. The van der Waals surface area contributed by atoms with Crippen molar-refractivity contribution in [3.63, 3.8) is 0 Å². The molecule has 0 aromatic heterocycles. The van der Waals surface area contributed by atoms with E-state index < -0.39 is 12.0 Å². The average molecular weight is 285 g/mol. The molecule has 0 spiro atoms. The van der Waals surface area contributed by atoms with Gasteiger partial charge in [0.1, 0.15) is 0 Å². The van der Waals surface area contributed by atoms with Crippen LogP contribution in [0.1, 0.15) is 38.5 Å². The SMILES string of the molecule is NC(=O)N1CCCC(C(=O)NCCCCCC(=O)O)C1. The number of aliphatic carboxylic acids is 1. The number of likely N-dealkylation sites (tertiary alicyclic amines) is 1. The third-order valence-electron chi connectivity index (χ3n) is 3.47. The lowest BCUT2D eigenvalue weighted by atomic mass is 9.97. The molecule has 0 aliphatic carbocycles. The third kappa shape index (κ3) is 5.90. The van der Waals surface area contributed by atoms with Crippen LogP contribution in [-0.4, -0.2) is 47.5 Å². The molecule has 7 heteroatoms. The number of unbranched alkanes of at least 4 members (excludes halogenated alkanes) is 2. The average Bonchev–Trinajstić information content (AvgIpc) is 2.42. The number of hydrogen-bond donors (Lipinski definition) is 3. The summed E-state index contributed by atoms with van der Waals surface area (Å²) in [6, 6.07) is -0.476. The van der Waals surface area contributed by atoms with Crippen molar-refractivity contribution >= 4 is 17.9 Å². The Morgan fingerprint density at radius 3 is 2.65 bits per heavy atom. The highest BCUT2D eigenvalue weighted by Crippen LogP contribution is 2.16. The number of amides is 3. The van der Waals surface area contributed by atoms with Crippen molar-refractivity contribution in [2.75, 3.05) is 19.6 Å². The van der Waals surface area contributed by atoms with Crippen LogP contribution in [-0.2, 0) is 9.59 Å². The molecule has 1 unspecified atom stereocenters. The maximum atomic E-state index is 11.9. The first-order valence-electron chi connectivity index (χ1n) is 7.04. The zero-order valence-corrected chi connectivity index (χ0v) is 11.6. The Balaban J connectivity index is 2.15. The molecule has 1 aliphatic heterocycles. The molecule has 114 valence electrons. The molecule has 4 N–H and O–H groups in total. The summed E-state index contributed by atoms with van der Waals surface area (Å²) in [5.74, 6) is -1.02. The van der Waals surface area contributed by atoms with Gasteiger partial charge in [-0.2, -0.15) is 0 Å². The van der Waals surface area contributed by atoms with Crippen LogP contribution in [0.3, 0.4) is 0 Å². The van der Waals surface area contributed by atoms with Crippen LogP contribution in [0.5, 0.6) is 0 Å². The maximum absolute atomic E-state index is 11.9. The number of carboxylic acid groups (broad SMARTS) is 1. The number of nitrogens with one attached hydrogen (secondary N) is 1. The van der Waals surface area contributed by atoms with E-state index in [1.807, 2.05) is 0 Å². The van der Waals surface area contributed by atoms with Gasteiger partial charge >= 0.3 is 12.0 Å². The molecule has 20 heavy (non-hydrogen) atoms. The first-order chi connectivity index (χ1) is 9.50. The van der Waals surface area contributed by atoms with Crippen molar-refractivity contribution in [1.82, 2.24) is 10.2 Å². The molecule has 0 bridgehead atoms. The highest BCUT2D eigenvalue weighted by Gasteiger charge is 2.26. The van der Waals surface area contributed by atoms with Crippen LogP contribution >= 0.6 is 0 Å². The quantitative estimate of drug-likeness (QED) is 0.592. The zero-order chi connectivity index (χ0) is 15.0. The second-order valence-corrected chi connectivity index (χ2v) is 5.12. The number of nitrogens with zero attached hydrogens (tertiary/aromatic N) is 1. The van der Waals surface area contributed by atoms with Gasteiger partial charge in [0, 0.05) is 26.1 Å². The molecule has 0 aromatic carbocycles. The summed E-state index contributed by atoms with van der Waals surface area (Å²) in [4.78, 5) is 34.8. The normalized spacial score (nSPS) is 18.6. The Morgan fingerprint density at radius 1 is 1.25 bits per heavy atom. The lowest BCUT2D eigenvalue weighted by Gasteiger charge is -2.30. The molecule has 1 aliphatic rings. The van der Waals surface area contributed by atoms with E-state index >= 15 is 0 Å². The van der Waals surface area contributed by atoms with Gasteiger partial charge in [-0.25, -0.2) is 4.79 Å². The van der Waals surface area contributed by atoms with Gasteiger partial charge in [-0.3, -0.25) is 9.59 Å². The minimum atomic E-state index is -0.789. The smallest absolute Gasteiger partial charge is 0.314 e. The van der Waals surface area contributed by atoms with E-state index in [0.717, 1.165) is 25.7 Å². The Kier molecular flexibility index (Phi) is 6.83. The van der Waals surface area contributed by atoms with Crippen molar-refractivity contribution < 1.29 is 19.5 Å². The van der Waals surface area contributed by atoms with E-state index in [2.05, 4.69) is 5.32 Å². The second kappa shape index (κ2) is 8.39. The predicted octanol–water partition coefficient (Wildman–Crippen LogP) is 0.538. The van der Waals surface area contributed by atoms with Crippen LogP contribution in [0.25, 0.3) is 0 Å². The highest BCUT2D eigenvalue weighted by atomic mass is 16.4. The van der Waals surface area contributed by atoms with E-state index in [1.54, 1.807) is 0 Å². The molecule has 0 radical (unpaired) electrons. The van der Waals surface area contributed by atoms with Crippen molar-refractivity contribution in [2.24, 2.45) is 11.7 Å². The van der Waals surface area contributed by atoms with Crippen LogP contribution < -0.4 is 11.1 Å². The molecule has 0 saturated carbocycles. The Hall–Kier alpha value is -1.79. The number of carboxylic acids is 1. The fourth-order valence-electron chi connectivity index (χ4n) is 2.33. The Labute approximate surface area is 118 Å². The largest absolute Gasteiger partial charge is 0.481 e. The van der Waals surface area contributed by atoms with Gasteiger partial charge in [0.2, 0.25) is 5.91 Å². The summed E-state index contributed by atoms with van der Waals surface area (Å²) in [5, 5.41) is 11.3. The lowest BCUT2D eigenvalue weighted by molar-refractivity contribution is -0.137. The van der Waals surface area contributed by atoms with Crippen molar-refractivity contribution in [1.29, 1.82) is 0 Å². The minimum absolute atomic E-state index is 0.0471. The van der Waals surface area contributed by atoms with E-state index in [4.69, 9.17) is 10.8 Å². The number of urea groups is 1. The van der Waals surface area contributed by atoms with E-state index in [0.29, 0.717) is 26.1 Å². The van der Waals surface area contributed by atoms with Gasteiger partial charge in [-0.05, 0) is 25.7 Å². The van der Waals surface area contributed by atoms with Crippen LogP contribution in [0, 0.1) is 5.92 Å². The molecule has 7 nitrogen and oxygen atoms in total. The number of primary amides is 1. The number of carbonyl (C=O) groups excluding carboxylic acids is 2. The van der Waals surface area contributed by atoms with Crippen molar-refractivity contribution in [2.45, 2.75) is 38.5 Å². The summed E-state index contributed by atoms with van der Waals surface area (Å²) in [6.07, 6.45) is 3.92. The Bertz CT molecular complexity index is 360. The van der Waals surface area contributed by atoms with E-state index in [-0.39, 0.29) is 18.2 Å². The number of piperidine rings is 1. The maximum Gasteiger partial charge on any atom is 0.314 e. The fraction of sp³-hybridized carbons (Fsp3) is 0.769. The third-order valence-corrected chi connectivity index (χ3v) is 3.47. The van der Waals surface area contributed by atoms with Gasteiger partial charge in [0.15, 0.2) is 0 Å². The molecule has 1 rings (SSSR count). The summed E-state index contributed by atoms with van der Waals surface area (Å²) in [5.41, 5.74) is 5.22. The second-order valence-electron chi connectivity index (χ2n) is 5.12. The standard InChI is InChI=1S/C13H23N3O4/c14-13(20)16-8-4-5-10(9-16)12(19)15-7-3-1-2-6-11(17)18/h10H,1-9H2,(H2,14,20)(H,15,19)(H,17,18). The molecular formula is C13H23N3O4. The highest BCUT2D eigenvalue weighted by molar-refractivity contribution is 5.80. The summed E-state index contributed by atoms with van der Waals surface area (Å²) in [7, 11) is 0. The van der Waals surface area contributed by atoms with E-state index in [9.17, 15) is 14.4 Å². The zero-order valence-electron chi connectivity index (χ0n) is 11.6. The van der Waals surface area contributed by atoms with Gasteiger partial charge in [0.25, 0.3) is 0 Å². The van der Waals surface area contributed by atoms with Gasteiger partial charge in [0.05, 0.1) is 5.92 Å². The molecular weight excluding hydrogens is 262 g/mol. The van der Waals surface area contributed by atoms with E-state index in [1.165, 1.54) is 4.90 Å². The van der Waals surface area contributed by atoms with Crippen molar-refractivity contribution in [3.05, 3.63) is 0 Å². The summed E-state index contributed by atoms with van der Waals surface area (Å²) >= 11 is 0. The molecule has 1 heterocycles. The summed E-state index contributed by atoms with van der Waals surface area (Å²) < 4.78 is 0. The number of rotatable bonds is 7. The van der Waals surface area contributed by atoms with Gasteiger partial charge in [-0.15, -0.1) is 0 Å². The molecule has 1 saturated heterocycles. The number of carbonyl (C=O) groups is 3. The predicted molar refractivity (Wildman–Crippen MR) is 73.0 cm³/mol. The molecule has 1 atom stereocenters. The fourth-order valence-corrected chi connectivity index (χ4v) is 2.33. The number of hydrogen-bond acceptors (Lipinski definition) is 3. The monoisotopic (exact) mass is 285 g/mol. The lowest BCUT2D eigenvalue weighted by Crippen LogP contribution is -2.47. The first-order valence-corrected chi connectivity index (χ1v) is 7.04. The van der Waals surface area contributed by atoms with Crippen LogP contribution in [0.4, 0.5) is 4.79 Å². The summed E-state index contributed by atoms with van der Waals surface area (Å²) in [6.45, 7) is 1.56.